The maximum absolute atomic E-state index is 12.1. The summed E-state index contributed by atoms with van der Waals surface area (Å²) in [6, 6.07) is 5.69. The molecule has 106 valence electrons. The predicted octanol–water partition coefficient (Wildman–Crippen LogP) is 2.36. The number of rotatable bonds is 3. The molecule has 4 nitrogen and oxygen atoms in total. The van der Waals surface area contributed by atoms with E-state index >= 15 is 0 Å². The molecule has 1 heterocycles. The van der Waals surface area contributed by atoms with E-state index in [0.717, 1.165) is 42.9 Å². The van der Waals surface area contributed by atoms with Crippen LogP contribution < -0.4 is 15.4 Å². The van der Waals surface area contributed by atoms with Gasteiger partial charge in [0.05, 0.1) is 7.11 Å². The Morgan fingerprint density at radius 3 is 2.63 bits per heavy atom. The van der Waals surface area contributed by atoms with Gasteiger partial charge in [0.25, 0.3) is 0 Å². The van der Waals surface area contributed by atoms with Crippen molar-refractivity contribution in [2.45, 2.75) is 19.8 Å². The van der Waals surface area contributed by atoms with Crippen LogP contribution in [0.3, 0.4) is 0 Å². The van der Waals surface area contributed by atoms with Crippen molar-refractivity contribution in [3.05, 3.63) is 23.8 Å². The minimum Gasteiger partial charge on any atom is -0.497 e. The fourth-order valence-electron chi connectivity index (χ4n) is 2.22. The fourth-order valence-corrected chi connectivity index (χ4v) is 2.22. The summed E-state index contributed by atoms with van der Waals surface area (Å²) < 4.78 is 5.15. The molecule has 0 unspecified atom stereocenters. The van der Waals surface area contributed by atoms with Crippen LogP contribution in [0.2, 0.25) is 0 Å². The highest BCUT2D eigenvalue weighted by Crippen LogP contribution is 2.22. The van der Waals surface area contributed by atoms with Gasteiger partial charge in [-0.1, -0.05) is 0 Å². The van der Waals surface area contributed by atoms with Crippen LogP contribution in [-0.2, 0) is 4.79 Å². The van der Waals surface area contributed by atoms with Gasteiger partial charge in [-0.3, -0.25) is 4.79 Å². The van der Waals surface area contributed by atoms with Crippen LogP contribution in [0, 0.1) is 12.8 Å². The molecular weight excluding hydrogens is 264 g/mol. The first kappa shape index (κ1) is 15.8. The molecule has 0 saturated carbocycles. The molecule has 0 spiro atoms. The number of hydrogen-bond acceptors (Lipinski definition) is 3. The number of amides is 1. The summed E-state index contributed by atoms with van der Waals surface area (Å²) in [5.41, 5.74) is 1.90. The Hall–Kier alpha value is -1.26. The number of piperidine rings is 1. The molecule has 2 N–H and O–H groups in total. The fraction of sp³-hybridized carbons (Fsp3) is 0.500. The average molecular weight is 285 g/mol. The minimum atomic E-state index is 0. The Morgan fingerprint density at radius 1 is 1.37 bits per heavy atom. The summed E-state index contributed by atoms with van der Waals surface area (Å²) in [6.07, 6.45) is 1.84. The van der Waals surface area contributed by atoms with Crippen LogP contribution in [0.15, 0.2) is 18.2 Å². The highest BCUT2D eigenvalue weighted by atomic mass is 35.5. The molecule has 0 aromatic heterocycles. The molecule has 0 radical (unpaired) electrons. The number of aryl methyl sites for hydroxylation is 1. The van der Waals surface area contributed by atoms with E-state index in [-0.39, 0.29) is 24.2 Å². The molecule has 1 aliphatic rings. The topological polar surface area (TPSA) is 50.4 Å². The normalized spacial score (nSPS) is 15.5. The number of carbonyl (C=O) groups excluding carboxylic acids is 1. The monoisotopic (exact) mass is 284 g/mol. The number of halogens is 1. The Kier molecular flexibility index (Phi) is 6.12. The Labute approximate surface area is 120 Å². The van der Waals surface area contributed by atoms with Gasteiger partial charge in [-0.25, -0.2) is 0 Å². The number of methoxy groups -OCH3 is 1. The van der Waals surface area contributed by atoms with Gasteiger partial charge in [0, 0.05) is 11.6 Å². The van der Waals surface area contributed by atoms with Gasteiger partial charge < -0.3 is 15.4 Å². The first-order valence-electron chi connectivity index (χ1n) is 6.37. The molecular formula is C14H21ClN2O2. The number of ether oxygens (including phenoxy) is 1. The second kappa shape index (κ2) is 7.36. The molecule has 2 rings (SSSR count). The Balaban J connectivity index is 0.00000180. The van der Waals surface area contributed by atoms with Crippen molar-refractivity contribution >= 4 is 24.0 Å². The molecule has 0 aliphatic carbocycles. The highest BCUT2D eigenvalue weighted by Gasteiger charge is 2.21. The quantitative estimate of drug-likeness (QED) is 0.896. The molecule has 1 fully saturated rings. The molecule has 19 heavy (non-hydrogen) atoms. The SMILES string of the molecule is COc1ccc(NC(=O)C2CCNCC2)c(C)c1.Cl. The number of hydrogen-bond donors (Lipinski definition) is 2. The maximum atomic E-state index is 12.1. The van der Waals surface area contributed by atoms with Crippen LogP contribution >= 0.6 is 12.4 Å². The lowest BCUT2D eigenvalue weighted by Gasteiger charge is -2.22. The third-order valence-corrected chi connectivity index (χ3v) is 3.40. The average Bonchev–Trinajstić information content (AvgIpc) is 2.42. The summed E-state index contributed by atoms with van der Waals surface area (Å²) in [6.45, 7) is 3.83. The van der Waals surface area contributed by atoms with E-state index in [2.05, 4.69) is 10.6 Å². The second-order valence-corrected chi connectivity index (χ2v) is 4.69. The molecule has 5 heteroatoms. The Morgan fingerprint density at radius 2 is 2.05 bits per heavy atom. The number of anilines is 1. The molecule has 1 aromatic carbocycles. The smallest absolute Gasteiger partial charge is 0.227 e. The molecule has 1 amide bonds. The van der Waals surface area contributed by atoms with Crippen molar-refractivity contribution in [3.63, 3.8) is 0 Å². The van der Waals surface area contributed by atoms with Crippen molar-refractivity contribution < 1.29 is 9.53 Å². The molecule has 1 saturated heterocycles. The van der Waals surface area contributed by atoms with Gasteiger partial charge in [-0.15, -0.1) is 12.4 Å². The van der Waals surface area contributed by atoms with Crippen LogP contribution in [-0.4, -0.2) is 26.1 Å². The zero-order valence-corrected chi connectivity index (χ0v) is 12.2. The van der Waals surface area contributed by atoms with Crippen molar-refractivity contribution in [2.75, 3.05) is 25.5 Å². The van der Waals surface area contributed by atoms with E-state index in [9.17, 15) is 4.79 Å². The van der Waals surface area contributed by atoms with E-state index in [1.54, 1.807) is 7.11 Å². The molecule has 1 aromatic rings. The summed E-state index contributed by atoms with van der Waals surface area (Å²) in [5, 5.41) is 6.27. The summed E-state index contributed by atoms with van der Waals surface area (Å²) in [5.74, 6) is 1.07. The zero-order chi connectivity index (χ0) is 13.0. The van der Waals surface area contributed by atoms with Crippen molar-refractivity contribution in [2.24, 2.45) is 5.92 Å². The van der Waals surface area contributed by atoms with E-state index in [0.29, 0.717) is 0 Å². The lowest BCUT2D eigenvalue weighted by Crippen LogP contribution is -2.34. The second-order valence-electron chi connectivity index (χ2n) is 4.69. The lowest BCUT2D eigenvalue weighted by molar-refractivity contribution is -0.120. The van der Waals surface area contributed by atoms with Gasteiger partial charge in [-0.05, 0) is 56.6 Å². The first-order chi connectivity index (χ1) is 8.70. The van der Waals surface area contributed by atoms with Crippen LogP contribution in [0.1, 0.15) is 18.4 Å². The number of nitrogens with one attached hydrogen (secondary N) is 2. The van der Waals surface area contributed by atoms with Crippen molar-refractivity contribution in [1.29, 1.82) is 0 Å². The largest absolute Gasteiger partial charge is 0.497 e. The summed E-state index contributed by atoms with van der Waals surface area (Å²) >= 11 is 0. The molecule has 0 atom stereocenters. The summed E-state index contributed by atoms with van der Waals surface area (Å²) in [4.78, 5) is 12.1. The first-order valence-corrected chi connectivity index (χ1v) is 6.37. The number of carbonyl (C=O) groups is 1. The van der Waals surface area contributed by atoms with E-state index in [1.807, 2.05) is 25.1 Å². The van der Waals surface area contributed by atoms with Crippen LogP contribution in [0.25, 0.3) is 0 Å². The van der Waals surface area contributed by atoms with Crippen LogP contribution in [0.4, 0.5) is 5.69 Å². The molecule has 1 aliphatic heterocycles. The van der Waals surface area contributed by atoms with Crippen molar-refractivity contribution in [1.82, 2.24) is 5.32 Å². The van der Waals surface area contributed by atoms with Gasteiger partial charge in [-0.2, -0.15) is 0 Å². The Bertz CT molecular complexity index is 431. The van der Waals surface area contributed by atoms with Gasteiger partial charge in [0.2, 0.25) is 5.91 Å². The van der Waals surface area contributed by atoms with Gasteiger partial charge in [0.1, 0.15) is 5.75 Å². The zero-order valence-electron chi connectivity index (χ0n) is 11.4. The third-order valence-electron chi connectivity index (χ3n) is 3.40. The van der Waals surface area contributed by atoms with Crippen molar-refractivity contribution in [3.8, 4) is 5.75 Å². The minimum absolute atomic E-state index is 0. The summed E-state index contributed by atoms with van der Waals surface area (Å²) in [7, 11) is 1.64. The van der Waals surface area contributed by atoms with Gasteiger partial charge >= 0.3 is 0 Å². The third kappa shape index (κ3) is 4.11. The van der Waals surface area contributed by atoms with E-state index < -0.39 is 0 Å². The highest BCUT2D eigenvalue weighted by molar-refractivity contribution is 5.93. The van der Waals surface area contributed by atoms with Crippen LogP contribution in [0.5, 0.6) is 5.75 Å². The van der Waals surface area contributed by atoms with E-state index in [4.69, 9.17) is 4.74 Å². The standard InChI is InChI=1S/C14H20N2O2.ClH/c1-10-9-12(18-2)3-4-13(10)16-14(17)11-5-7-15-8-6-11;/h3-4,9,11,15H,5-8H2,1-2H3,(H,16,17);1H. The van der Waals surface area contributed by atoms with E-state index in [1.165, 1.54) is 0 Å². The molecule has 0 bridgehead atoms. The number of benzene rings is 1. The maximum Gasteiger partial charge on any atom is 0.227 e. The predicted molar refractivity (Wildman–Crippen MR) is 79.2 cm³/mol. The lowest BCUT2D eigenvalue weighted by atomic mass is 9.97. The van der Waals surface area contributed by atoms with Gasteiger partial charge in [0.15, 0.2) is 0 Å².